The van der Waals surface area contributed by atoms with Crippen LogP contribution in [-0.2, 0) is 21.4 Å². The van der Waals surface area contributed by atoms with E-state index >= 15 is 0 Å². The summed E-state index contributed by atoms with van der Waals surface area (Å²) in [6.45, 7) is 8.39. The van der Waals surface area contributed by atoms with Gasteiger partial charge in [-0.25, -0.2) is 8.42 Å². The number of rotatable bonds is 5. The van der Waals surface area contributed by atoms with E-state index in [2.05, 4.69) is 10.4 Å². The highest BCUT2D eigenvalue weighted by atomic mass is 32.2. The number of hydrogen-bond donors (Lipinski definition) is 1. The Morgan fingerprint density at radius 3 is 2.25 bits per heavy atom. The molecule has 1 aromatic heterocycles. The lowest BCUT2D eigenvalue weighted by molar-refractivity contribution is -0.116. The van der Waals surface area contributed by atoms with Gasteiger partial charge in [-0.05, 0) is 63.8 Å². The predicted molar refractivity (Wildman–Crippen MR) is 109 cm³/mol. The van der Waals surface area contributed by atoms with E-state index < -0.39 is 10.0 Å². The average molecular weight is 405 g/mol. The maximum atomic E-state index is 13.1. The zero-order valence-electron chi connectivity index (χ0n) is 16.9. The van der Waals surface area contributed by atoms with Gasteiger partial charge in [-0.1, -0.05) is 12.5 Å². The second-order valence-electron chi connectivity index (χ2n) is 7.55. The van der Waals surface area contributed by atoms with Crippen molar-refractivity contribution < 1.29 is 13.2 Å². The highest BCUT2D eigenvalue weighted by Crippen LogP contribution is 2.26. The number of sulfonamides is 1. The maximum Gasteiger partial charge on any atom is 0.246 e. The Morgan fingerprint density at radius 1 is 1.04 bits per heavy atom. The third kappa shape index (κ3) is 4.28. The topological polar surface area (TPSA) is 84.3 Å². The third-order valence-corrected chi connectivity index (χ3v) is 7.18. The van der Waals surface area contributed by atoms with Gasteiger partial charge in [-0.3, -0.25) is 9.48 Å². The van der Waals surface area contributed by atoms with Crippen molar-refractivity contribution in [3.63, 3.8) is 0 Å². The minimum atomic E-state index is -3.59. The first kappa shape index (κ1) is 20.5. The van der Waals surface area contributed by atoms with Crippen LogP contribution in [0.5, 0.6) is 0 Å². The van der Waals surface area contributed by atoms with Gasteiger partial charge in [0.2, 0.25) is 15.9 Å². The van der Waals surface area contributed by atoms with Crippen LogP contribution in [0.25, 0.3) is 0 Å². The van der Waals surface area contributed by atoms with Crippen LogP contribution in [0.2, 0.25) is 0 Å². The number of nitrogens with zero attached hydrogens (tertiary/aromatic N) is 3. The molecule has 1 aromatic carbocycles. The fraction of sp³-hybridized carbons (Fsp3) is 0.500. The summed E-state index contributed by atoms with van der Waals surface area (Å²) >= 11 is 0. The van der Waals surface area contributed by atoms with Crippen LogP contribution in [0.1, 0.15) is 41.8 Å². The van der Waals surface area contributed by atoms with E-state index in [4.69, 9.17) is 0 Å². The molecule has 2 aromatic rings. The Kier molecular flexibility index (Phi) is 5.90. The molecule has 0 bridgehead atoms. The number of amides is 1. The van der Waals surface area contributed by atoms with Crippen molar-refractivity contribution in [1.29, 1.82) is 0 Å². The number of carbonyl (C=O) groups excluding carboxylic acids is 1. The van der Waals surface area contributed by atoms with Gasteiger partial charge in [0.05, 0.1) is 11.4 Å². The molecule has 8 heteroatoms. The van der Waals surface area contributed by atoms with E-state index in [-0.39, 0.29) is 17.3 Å². The fourth-order valence-corrected chi connectivity index (χ4v) is 5.72. The molecule has 0 unspecified atom stereocenters. The van der Waals surface area contributed by atoms with Gasteiger partial charge in [0, 0.05) is 18.8 Å². The summed E-state index contributed by atoms with van der Waals surface area (Å²) in [4.78, 5) is 12.7. The lowest BCUT2D eigenvalue weighted by atomic mass is 10.1. The largest absolute Gasteiger partial charge is 0.324 e. The summed E-state index contributed by atoms with van der Waals surface area (Å²) < 4.78 is 29.1. The standard InChI is InChI=1S/C20H28N4O3S/c1-14-10-15(2)12-18(11-14)21-19(25)13-24-17(4)20(16(3)22-24)28(26,27)23-8-6-5-7-9-23/h10-12H,5-9,13H2,1-4H3,(H,21,25). The molecule has 0 radical (unpaired) electrons. The molecule has 0 spiro atoms. The Balaban J connectivity index is 1.80. The van der Waals surface area contributed by atoms with Crippen molar-refractivity contribution >= 4 is 21.6 Å². The van der Waals surface area contributed by atoms with Crippen LogP contribution in [0, 0.1) is 27.7 Å². The van der Waals surface area contributed by atoms with Crippen LogP contribution in [0.3, 0.4) is 0 Å². The predicted octanol–water partition coefficient (Wildman–Crippen LogP) is 2.93. The highest BCUT2D eigenvalue weighted by molar-refractivity contribution is 7.89. The van der Waals surface area contributed by atoms with E-state index in [1.807, 2.05) is 32.0 Å². The SMILES string of the molecule is Cc1cc(C)cc(NC(=O)Cn2nc(C)c(S(=O)(=O)N3CCCCC3)c2C)c1. The van der Waals surface area contributed by atoms with E-state index in [1.165, 1.54) is 8.99 Å². The molecule has 1 aliphatic heterocycles. The smallest absolute Gasteiger partial charge is 0.246 e. The quantitative estimate of drug-likeness (QED) is 0.830. The maximum absolute atomic E-state index is 13.1. The molecule has 152 valence electrons. The highest BCUT2D eigenvalue weighted by Gasteiger charge is 2.32. The molecule has 28 heavy (non-hydrogen) atoms. The molecule has 7 nitrogen and oxygen atoms in total. The first-order valence-corrected chi connectivity index (χ1v) is 11.0. The van der Waals surface area contributed by atoms with Gasteiger partial charge >= 0.3 is 0 Å². The van der Waals surface area contributed by atoms with Gasteiger partial charge in [0.25, 0.3) is 0 Å². The molecule has 1 fully saturated rings. The van der Waals surface area contributed by atoms with Crippen LogP contribution < -0.4 is 5.32 Å². The van der Waals surface area contributed by atoms with Crippen molar-refractivity contribution in [3.05, 3.63) is 40.7 Å². The molecule has 3 rings (SSSR count). The third-order valence-electron chi connectivity index (χ3n) is 5.03. The summed E-state index contributed by atoms with van der Waals surface area (Å²) in [6, 6.07) is 5.84. The molecule has 1 amide bonds. The Bertz CT molecular complexity index is 969. The Labute approximate surface area is 166 Å². The second kappa shape index (κ2) is 8.05. The number of piperidine rings is 1. The Hall–Kier alpha value is -2.19. The van der Waals surface area contributed by atoms with Crippen molar-refractivity contribution in [3.8, 4) is 0 Å². The van der Waals surface area contributed by atoms with E-state index in [9.17, 15) is 13.2 Å². The molecular formula is C20H28N4O3S. The summed E-state index contributed by atoms with van der Waals surface area (Å²) in [5, 5.41) is 7.21. The molecule has 2 heterocycles. The zero-order valence-corrected chi connectivity index (χ0v) is 17.8. The monoisotopic (exact) mass is 404 g/mol. The second-order valence-corrected chi connectivity index (χ2v) is 9.42. The fourth-order valence-electron chi connectivity index (χ4n) is 3.83. The lowest BCUT2D eigenvalue weighted by Gasteiger charge is -2.25. The molecule has 1 aliphatic rings. The van der Waals surface area contributed by atoms with Gasteiger partial charge in [0.15, 0.2) is 0 Å². The molecule has 0 aliphatic carbocycles. The number of anilines is 1. The number of nitrogens with one attached hydrogen (secondary N) is 1. The van der Waals surface area contributed by atoms with Crippen molar-refractivity contribution in [1.82, 2.24) is 14.1 Å². The Morgan fingerprint density at radius 2 is 1.64 bits per heavy atom. The minimum absolute atomic E-state index is 0.0326. The lowest BCUT2D eigenvalue weighted by Crippen LogP contribution is -2.36. The molecule has 0 saturated carbocycles. The van der Waals surface area contributed by atoms with E-state index in [1.54, 1.807) is 13.8 Å². The van der Waals surface area contributed by atoms with Gasteiger partial charge in [-0.15, -0.1) is 0 Å². The van der Waals surface area contributed by atoms with E-state index in [0.717, 1.165) is 36.1 Å². The number of hydrogen-bond acceptors (Lipinski definition) is 4. The summed E-state index contributed by atoms with van der Waals surface area (Å²) in [7, 11) is -3.59. The van der Waals surface area contributed by atoms with Gasteiger partial charge in [-0.2, -0.15) is 9.40 Å². The summed E-state index contributed by atoms with van der Waals surface area (Å²) in [6.07, 6.45) is 2.81. The van der Waals surface area contributed by atoms with Crippen molar-refractivity contribution in [2.45, 2.75) is 58.4 Å². The normalized spacial score (nSPS) is 15.6. The first-order chi connectivity index (χ1) is 13.2. The molecular weight excluding hydrogens is 376 g/mol. The van der Waals surface area contributed by atoms with Crippen LogP contribution in [0.4, 0.5) is 5.69 Å². The van der Waals surface area contributed by atoms with Crippen molar-refractivity contribution in [2.24, 2.45) is 0 Å². The van der Waals surface area contributed by atoms with Crippen LogP contribution in [0.15, 0.2) is 23.1 Å². The summed E-state index contributed by atoms with van der Waals surface area (Å²) in [5.74, 6) is -0.238. The minimum Gasteiger partial charge on any atom is -0.324 e. The molecule has 1 N–H and O–H groups in total. The van der Waals surface area contributed by atoms with E-state index in [0.29, 0.717) is 24.5 Å². The number of benzene rings is 1. The molecule has 0 atom stereocenters. The number of carbonyl (C=O) groups is 1. The first-order valence-electron chi connectivity index (χ1n) is 9.61. The average Bonchev–Trinajstić information content (AvgIpc) is 2.88. The van der Waals surface area contributed by atoms with Crippen LogP contribution in [-0.4, -0.2) is 41.5 Å². The van der Waals surface area contributed by atoms with Crippen molar-refractivity contribution in [2.75, 3.05) is 18.4 Å². The number of aromatic nitrogens is 2. The zero-order chi connectivity index (χ0) is 20.5. The van der Waals surface area contributed by atoms with Gasteiger partial charge < -0.3 is 5.32 Å². The number of aryl methyl sites for hydroxylation is 3. The molecule has 1 saturated heterocycles. The summed E-state index contributed by atoms with van der Waals surface area (Å²) in [5.41, 5.74) is 3.79. The van der Waals surface area contributed by atoms with Gasteiger partial charge in [0.1, 0.15) is 11.4 Å². The van der Waals surface area contributed by atoms with Crippen LogP contribution >= 0.6 is 0 Å².